The molecule has 43 heavy (non-hydrogen) atoms. The van der Waals surface area contributed by atoms with Crippen molar-refractivity contribution in [2.24, 2.45) is 0 Å². The van der Waals surface area contributed by atoms with Crippen LogP contribution in [0, 0.1) is 6.92 Å². The van der Waals surface area contributed by atoms with Crippen molar-refractivity contribution in [3.8, 4) is 0 Å². The lowest BCUT2D eigenvalue weighted by Crippen LogP contribution is -2.55. The monoisotopic (exact) mass is 656 g/mol. The minimum absolute atomic E-state index is 0.0254. The third kappa shape index (κ3) is 6.45. The molecule has 0 spiro atoms. The molecule has 8 nitrogen and oxygen atoms in total. The van der Waals surface area contributed by atoms with E-state index in [1.54, 1.807) is 0 Å². The molecule has 0 bridgehead atoms. The molecule has 0 saturated carbocycles. The van der Waals surface area contributed by atoms with Crippen molar-refractivity contribution in [3.63, 3.8) is 0 Å². The Hall–Kier alpha value is -3.76. The second-order valence-corrected chi connectivity index (χ2v) is 13.0. The van der Waals surface area contributed by atoms with Crippen LogP contribution in [-0.2, 0) is 11.3 Å². The zero-order chi connectivity index (χ0) is 29.9. The molecule has 1 aliphatic heterocycles. The molecular formula is C33H33BrN6O2S. The Bertz CT molecular complexity index is 1770. The molecule has 0 aliphatic carbocycles. The van der Waals surface area contributed by atoms with Gasteiger partial charge in [-0.05, 0) is 56.2 Å². The van der Waals surface area contributed by atoms with E-state index < -0.39 is 0 Å². The molecule has 3 aromatic carbocycles. The molecule has 0 radical (unpaired) electrons. The highest BCUT2D eigenvalue weighted by Crippen LogP contribution is 2.28. The van der Waals surface area contributed by atoms with E-state index >= 15 is 0 Å². The lowest BCUT2D eigenvalue weighted by atomic mass is 10.1. The number of carbonyl (C=O) groups is 2. The summed E-state index contributed by atoms with van der Waals surface area (Å²) in [5, 5.41) is 10.6. The molecule has 220 valence electrons. The number of para-hydroxylation sites is 1. The summed E-state index contributed by atoms with van der Waals surface area (Å²) in [4.78, 5) is 34.7. The number of thioether (sulfide) groups is 1. The lowest BCUT2D eigenvalue weighted by Gasteiger charge is -2.40. The standard InChI is InChI=1S/C33H33BrN6O2S/c1-22-9-13-25(14-10-22)32(42)39-18-17-38(20-23(39)2)29(41)8-5-19-43-33-35-31-30(36-37-33)27-6-3-4-7-28(27)40(31)21-24-11-15-26(34)16-12-24/h3-4,6-7,9-16,23H,5,8,17-21H2,1-2H3. The first-order chi connectivity index (χ1) is 20.9. The number of rotatable bonds is 8. The number of aryl methyl sites for hydroxylation is 1. The van der Waals surface area contributed by atoms with Crippen molar-refractivity contribution < 1.29 is 9.59 Å². The van der Waals surface area contributed by atoms with Crippen molar-refractivity contribution in [2.45, 2.75) is 44.4 Å². The maximum atomic E-state index is 13.0. The zero-order valence-corrected chi connectivity index (χ0v) is 26.6. The van der Waals surface area contributed by atoms with Crippen molar-refractivity contribution in [1.29, 1.82) is 0 Å². The van der Waals surface area contributed by atoms with Crippen LogP contribution in [0.4, 0.5) is 0 Å². The second kappa shape index (κ2) is 12.9. The summed E-state index contributed by atoms with van der Waals surface area (Å²) < 4.78 is 3.24. The number of piperazine rings is 1. The van der Waals surface area contributed by atoms with Crippen LogP contribution >= 0.6 is 27.7 Å². The number of benzene rings is 3. The van der Waals surface area contributed by atoms with Crippen LogP contribution in [0.3, 0.4) is 0 Å². The molecule has 1 atom stereocenters. The van der Waals surface area contributed by atoms with Gasteiger partial charge >= 0.3 is 0 Å². The van der Waals surface area contributed by atoms with E-state index in [0.717, 1.165) is 32.1 Å². The minimum atomic E-state index is -0.0313. The quantitative estimate of drug-likeness (QED) is 0.143. The van der Waals surface area contributed by atoms with Gasteiger partial charge in [-0.3, -0.25) is 9.59 Å². The van der Waals surface area contributed by atoms with E-state index in [1.807, 2.05) is 72.2 Å². The van der Waals surface area contributed by atoms with E-state index in [9.17, 15) is 9.59 Å². The highest BCUT2D eigenvalue weighted by Gasteiger charge is 2.30. The summed E-state index contributed by atoms with van der Waals surface area (Å²) in [6.07, 6.45) is 1.16. The average Bonchev–Trinajstić information content (AvgIpc) is 3.33. The molecule has 1 saturated heterocycles. The molecule has 1 unspecified atom stereocenters. The number of hydrogen-bond acceptors (Lipinski definition) is 6. The fourth-order valence-corrected chi connectivity index (χ4v) is 6.56. The Balaban J connectivity index is 1.06. The fraction of sp³-hybridized carbons (Fsp3) is 0.303. The van der Waals surface area contributed by atoms with Gasteiger partial charge in [0.2, 0.25) is 11.1 Å². The van der Waals surface area contributed by atoms with Gasteiger partial charge in [0, 0.05) is 59.8 Å². The fourth-order valence-electron chi connectivity index (χ4n) is 5.58. The number of aromatic nitrogens is 4. The summed E-state index contributed by atoms with van der Waals surface area (Å²) in [5.74, 6) is 0.865. The van der Waals surface area contributed by atoms with Crippen molar-refractivity contribution in [1.82, 2.24) is 29.5 Å². The number of carbonyl (C=O) groups excluding carboxylic acids is 2. The van der Waals surface area contributed by atoms with Gasteiger partial charge in [-0.25, -0.2) is 4.98 Å². The molecule has 10 heteroatoms. The van der Waals surface area contributed by atoms with Gasteiger partial charge in [-0.2, -0.15) is 0 Å². The molecular weight excluding hydrogens is 624 g/mol. The normalized spacial score (nSPS) is 15.4. The van der Waals surface area contributed by atoms with E-state index in [2.05, 4.69) is 55.0 Å². The molecule has 0 N–H and O–H groups in total. The van der Waals surface area contributed by atoms with Crippen molar-refractivity contribution in [2.75, 3.05) is 25.4 Å². The van der Waals surface area contributed by atoms with Crippen molar-refractivity contribution in [3.05, 3.63) is 94.0 Å². The van der Waals surface area contributed by atoms with Gasteiger partial charge in [0.05, 0.1) is 5.52 Å². The van der Waals surface area contributed by atoms with Crippen LogP contribution in [-0.4, -0.2) is 72.8 Å². The maximum absolute atomic E-state index is 13.0. The van der Waals surface area contributed by atoms with E-state index in [1.165, 1.54) is 17.3 Å². The van der Waals surface area contributed by atoms with Crippen LogP contribution in [0.15, 0.2) is 82.4 Å². The number of fused-ring (bicyclic) bond motifs is 3. The van der Waals surface area contributed by atoms with Crippen molar-refractivity contribution >= 4 is 61.6 Å². The Morgan fingerprint density at radius 3 is 2.51 bits per heavy atom. The predicted molar refractivity (Wildman–Crippen MR) is 174 cm³/mol. The van der Waals surface area contributed by atoms with Crippen LogP contribution in [0.2, 0.25) is 0 Å². The highest BCUT2D eigenvalue weighted by atomic mass is 79.9. The Labute approximate surface area is 263 Å². The zero-order valence-electron chi connectivity index (χ0n) is 24.2. The largest absolute Gasteiger partial charge is 0.339 e. The molecule has 5 aromatic rings. The number of amides is 2. The predicted octanol–water partition coefficient (Wildman–Crippen LogP) is 6.34. The van der Waals surface area contributed by atoms with Gasteiger partial charge in [0.25, 0.3) is 5.91 Å². The number of nitrogens with zero attached hydrogens (tertiary/aromatic N) is 6. The Kier molecular flexibility index (Phi) is 8.76. The third-order valence-corrected chi connectivity index (χ3v) is 9.37. The molecule has 3 heterocycles. The van der Waals surface area contributed by atoms with Crippen LogP contribution in [0.1, 0.15) is 41.3 Å². The first-order valence-electron chi connectivity index (χ1n) is 14.5. The second-order valence-electron chi connectivity index (χ2n) is 11.0. The van der Waals surface area contributed by atoms with E-state index in [0.29, 0.717) is 55.5 Å². The molecule has 6 rings (SSSR count). The van der Waals surface area contributed by atoms with Gasteiger partial charge in [-0.1, -0.05) is 75.7 Å². The molecule has 1 aliphatic rings. The SMILES string of the molecule is Cc1ccc(C(=O)N2CCN(C(=O)CCCSc3nnc4c5ccccc5n(Cc5ccc(Br)cc5)c4n3)CC2C)cc1. The Morgan fingerprint density at radius 2 is 1.74 bits per heavy atom. The lowest BCUT2D eigenvalue weighted by molar-refractivity contribution is -0.133. The summed E-state index contributed by atoms with van der Waals surface area (Å²) >= 11 is 5.04. The first kappa shape index (κ1) is 29.3. The smallest absolute Gasteiger partial charge is 0.254 e. The molecule has 2 amide bonds. The van der Waals surface area contributed by atoms with Gasteiger partial charge < -0.3 is 14.4 Å². The summed E-state index contributed by atoms with van der Waals surface area (Å²) in [6.45, 7) is 6.35. The summed E-state index contributed by atoms with van der Waals surface area (Å²) in [7, 11) is 0. The highest BCUT2D eigenvalue weighted by molar-refractivity contribution is 9.10. The van der Waals surface area contributed by atoms with Gasteiger partial charge in [-0.15, -0.1) is 10.2 Å². The maximum Gasteiger partial charge on any atom is 0.254 e. The Morgan fingerprint density at radius 1 is 0.977 bits per heavy atom. The number of halogens is 1. The number of hydrogen-bond donors (Lipinski definition) is 0. The van der Waals surface area contributed by atoms with Crippen LogP contribution in [0.25, 0.3) is 22.1 Å². The van der Waals surface area contributed by atoms with E-state index in [4.69, 9.17) is 4.98 Å². The van der Waals surface area contributed by atoms with Gasteiger partial charge in [0.1, 0.15) is 5.52 Å². The van der Waals surface area contributed by atoms with Gasteiger partial charge in [0.15, 0.2) is 5.65 Å². The van der Waals surface area contributed by atoms with Crippen LogP contribution in [0.5, 0.6) is 0 Å². The van der Waals surface area contributed by atoms with Crippen LogP contribution < -0.4 is 0 Å². The molecule has 1 fully saturated rings. The third-order valence-electron chi connectivity index (χ3n) is 7.91. The average molecular weight is 658 g/mol. The minimum Gasteiger partial charge on any atom is -0.339 e. The molecule has 2 aromatic heterocycles. The topological polar surface area (TPSA) is 84.2 Å². The first-order valence-corrected chi connectivity index (χ1v) is 16.3. The van der Waals surface area contributed by atoms with E-state index in [-0.39, 0.29) is 17.9 Å². The summed E-state index contributed by atoms with van der Waals surface area (Å²) in [6, 6.07) is 24.1. The summed E-state index contributed by atoms with van der Waals surface area (Å²) in [5.41, 5.74) is 5.67.